The van der Waals surface area contributed by atoms with Gasteiger partial charge in [0.25, 0.3) is 0 Å². The van der Waals surface area contributed by atoms with E-state index in [1.165, 1.54) is 0 Å². The molecule has 0 amide bonds. The summed E-state index contributed by atoms with van der Waals surface area (Å²) in [5.74, 6) is 6.62. The Morgan fingerprint density at radius 3 is 1.01 bits per heavy atom. The molecular formula is C64H82N8O4. The Morgan fingerprint density at radius 2 is 0.671 bits per heavy atom. The van der Waals surface area contributed by atoms with Crippen LogP contribution >= 0.6 is 0 Å². The van der Waals surface area contributed by atoms with E-state index in [-0.39, 0.29) is 0 Å². The first kappa shape index (κ1) is 54.2. The average Bonchev–Trinajstić information content (AvgIpc) is 4.21. The maximum atomic E-state index is 6.84. The van der Waals surface area contributed by atoms with Gasteiger partial charge in [0.15, 0.2) is 23.3 Å². The molecule has 12 nitrogen and oxygen atoms in total. The lowest BCUT2D eigenvalue weighted by Crippen LogP contribution is -2.11. The van der Waals surface area contributed by atoms with Gasteiger partial charge in [-0.1, -0.05) is 181 Å². The summed E-state index contributed by atoms with van der Waals surface area (Å²) < 4.78 is 27.4. The van der Waals surface area contributed by atoms with Gasteiger partial charge >= 0.3 is 0 Å². The number of fused-ring (bicyclic) bond motifs is 20. The molecule has 3 aromatic heterocycles. The first-order valence-electron chi connectivity index (χ1n) is 29.2. The van der Waals surface area contributed by atoms with Crippen LogP contribution in [0.4, 0.5) is 0 Å². The molecular weight excluding hydrogens is 945 g/mol. The van der Waals surface area contributed by atoms with E-state index in [9.17, 15) is 0 Å². The van der Waals surface area contributed by atoms with E-state index in [1.54, 1.807) is 0 Å². The van der Waals surface area contributed by atoms with Crippen LogP contribution in [0, 0.1) is 23.7 Å². The molecule has 4 atom stereocenters. The fourth-order valence-corrected chi connectivity index (χ4v) is 10.8. The van der Waals surface area contributed by atoms with Gasteiger partial charge in [0.05, 0.1) is 48.3 Å². The summed E-state index contributed by atoms with van der Waals surface area (Å²) >= 11 is 0. The van der Waals surface area contributed by atoms with E-state index in [2.05, 4.69) is 89.6 Å². The second-order valence-electron chi connectivity index (χ2n) is 21.2. The lowest BCUT2D eigenvalue weighted by atomic mass is 10.0. The van der Waals surface area contributed by atoms with Crippen LogP contribution < -0.4 is 18.9 Å². The van der Waals surface area contributed by atoms with E-state index >= 15 is 0 Å². The van der Waals surface area contributed by atoms with Crippen LogP contribution in [0.2, 0.25) is 0 Å². The van der Waals surface area contributed by atoms with Crippen LogP contribution in [0.5, 0.6) is 23.0 Å². The minimum atomic E-state index is 0.421. The Balaban J connectivity index is 1.33. The van der Waals surface area contributed by atoms with Gasteiger partial charge in [-0.25, -0.2) is 29.9 Å². The van der Waals surface area contributed by atoms with Gasteiger partial charge in [-0.3, -0.25) is 0 Å². The predicted molar refractivity (Wildman–Crippen MR) is 311 cm³/mol. The summed E-state index contributed by atoms with van der Waals surface area (Å²) in [6.07, 6.45) is 17.8. The van der Waals surface area contributed by atoms with Crippen molar-refractivity contribution in [3.8, 4) is 68.5 Å². The monoisotopic (exact) mass is 1030 g/mol. The van der Waals surface area contributed by atoms with E-state index in [4.69, 9.17) is 48.9 Å². The number of hydrogen-bond acceptors (Lipinski definition) is 10. The number of aromatic nitrogens is 8. The van der Waals surface area contributed by atoms with Crippen LogP contribution in [0.1, 0.15) is 158 Å². The maximum Gasteiger partial charge on any atom is 0.168 e. The third kappa shape index (κ3) is 12.0. The van der Waals surface area contributed by atoms with Crippen molar-refractivity contribution in [1.82, 2.24) is 39.9 Å². The molecule has 12 heteroatoms. The second-order valence-corrected chi connectivity index (χ2v) is 21.2. The van der Waals surface area contributed by atoms with Crippen molar-refractivity contribution in [2.45, 2.75) is 158 Å². The zero-order chi connectivity index (χ0) is 53.0. The Bertz CT molecular complexity index is 3020. The highest BCUT2D eigenvalue weighted by Gasteiger charge is 2.28. The number of hydrogen-bond donors (Lipinski definition) is 2. The molecule has 5 heterocycles. The molecule has 8 bridgehead atoms. The van der Waals surface area contributed by atoms with Crippen molar-refractivity contribution in [2.24, 2.45) is 23.7 Å². The molecule has 0 saturated heterocycles. The van der Waals surface area contributed by atoms with Gasteiger partial charge in [0, 0.05) is 21.9 Å². The Kier molecular flexibility index (Phi) is 18.5. The largest absolute Gasteiger partial charge is 0.493 e. The van der Waals surface area contributed by atoms with E-state index in [0.29, 0.717) is 96.0 Å². The zero-order valence-electron chi connectivity index (χ0n) is 46.7. The molecule has 4 unspecified atom stereocenters. The number of rotatable bonds is 28. The van der Waals surface area contributed by atoms with Crippen LogP contribution in [0.3, 0.4) is 0 Å². The van der Waals surface area contributed by atoms with Crippen LogP contribution in [-0.4, -0.2) is 66.3 Å². The molecule has 402 valence electrons. The minimum absolute atomic E-state index is 0.421. The van der Waals surface area contributed by atoms with Crippen LogP contribution in [0.25, 0.3) is 89.7 Å². The highest BCUT2D eigenvalue weighted by atomic mass is 16.5. The van der Waals surface area contributed by atoms with Crippen molar-refractivity contribution >= 4 is 44.1 Å². The molecule has 0 radical (unpaired) electrons. The fraction of sp³-hybridized carbons (Fsp3) is 0.500. The smallest absolute Gasteiger partial charge is 0.168 e. The average molecular weight is 1030 g/mol. The summed E-state index contributed by atoms with van der Waals surface area (Å²) in [7, 11) is 0. The highest BCUT2D eigenvalue weighted by Crippen LogP contribution is 2.45. The highest BCUT2D eigenvalue weighted by molar-refractivity contribution is 6.10. The van der Waals surface area contributed by atoms with Gasteiger partial charge in [-0.05, 0) is 73.6 Å². The van der Waals surface area contributed by atoms with Gasteiger partial charge < -0.3 is 28.9 Å². The molecule has 2 aliphatic rings. The quantitative estimate of drug-likeness (QED) is 0.0486. The molecule has 4 aromatic carbocycles. The lowest BCUT2D eigenvalue weighted by Gasteiger charge is -2.17. The molecule has 0 saturated carbocycles. The number of ether oxygens (including phenoxy) is 4. The molecule has 2 N–H and O–H groups in total. The summed E-state index contributed by atoms with van der Waals surface area (Å²) in [6.45, 7) is 20.4. The number of H-pyrrole nitrogens is 2. The molecule has 0 aliphatic carbocycles. The topological polar surface area (TPSA) is 146 Å². The summed E-state index contributed by atoms with van der Waals surface area (Å²) in [4.78, 5) is 39.9. The number of unbranched alkanes of at least 4 members (excludes halogenated alkanes) is 4. The van der Waals surface area contributed by atoms with Gasteiger partial charge in [0.2, 0.25) is 0 Å². The molecule has 9 rings (SSSR count). The summed E-state index contributed by atoms with van der Waals surface area (Å²) in [6, 6.07) is 24.6. The number of benzene rings is 4. The van der Waals surface area contributed by atoms with Gasteiger partial charge in [0.1, 0.15) is 45.6 Å². The van der Waals surface area contributed by atoms with Crippen molar-refractivity contribution < 1.29 is 18.9 Å². The van der Waals surface area contributed by atoms with Crippen molar-refractivity contribution in [3.05, 3.63) is 72.8 Å². The van der Waals surface area contributed by atoms with Gasteiger partial charge in [-0.2, -0.15) is 0 Å². The summed E-state index contributed by atoms with van der Waals surface area (Å²) in [5.41, 5.74) is 5.61. The van der Waals surface area contributed by atoms with Crippen LogP contribution in [-0.2, 0) is 0 Å². The van der Waals surface area contributed by atoms with Crippen LogP contribution in [0.15, 0.2) is 72.8 Å². The second kappa shape index (κ2) is 26.0. The van der Waals surface area contributed by atoms with E-state index in [1.807, 2.05) is 48.5 Å². The Labute approximate surface area is 450 Å². The number of nitrogens with one attached hydrogen (secondary N) is 2. The fourth-order valence-electron chi connectivity index (χ4n) is 10.8. The standard InChI is InChI=1S/C64H82N8O4/c1-9-17-25-41(13-5)37-73-49-33-21-29-45-53(49)61-65-57(45)70-62-55-47(31-23-35-51(55)75-39-43(15-7)27-19-11-3)59(67-62)72-64-56-48(32-24-36-52(56)76-40-44(16-8)28-20-12-4)60(68-64)71-63-54-46(58(66-63)69-61)30-22-34-50(54)74-38-42(14-6)26-18-10-2/h21-24,29-36,41-44H,9-20,25-28,37-40H2,1-8H3,(H2,65,66,67,68,69,70,71,72). The molecule has 2 aliphatic heterocycles. The first-order chi connectivity index (χ1) is 37.3. The zero-order valence-corrected chi connectivity index (χ0v) is 46.7. The van der Waals surface area contributed by atoms with Crippen molar-refractivity contribution in [3.63, 3.8) is 0 Å². The SMILES string of the molecule is CCCCC(CC)COc1cccc2c1-c1nc-2nc2[nH]c(nc3nc(nc4[nH]c(n1)c1cccc(OCC(CC)CCCC)c41)-c1cccc(OCC(CC)CCCC)c1-3)c1cccc(OCC(CC)CCCC)c21. The normalized spacial score (nSPS) is 13.6. The van der Waals surface area contributed by atoms with Gasteiger partial charge in [-0.15, -0.1) is 0 Å². The molecule has 76 heavy (non-hydrogen) atoms. The lowest BCUT2D eigenvalue weighted by molar-refractivity contribution is 0.234. The summed E-state index contributed by atoms with van der Waals surface area (Å²) in [5, 5.41) is 3.36. The Morgan fingerprint density at radius 1 is 0.355 bits per heavy atom. The first-order valence-corrected chi connectivity index (χ1v) is 29.2. The van der Waals surface area contributed by atoms with Crippen molar-refractivity contribution in [1.29, 1.82) is 0 Å². The number of aromatic amines is 2. The minimum Gasteiger partial charge on any atom is -0.493 e. The van der Waals surface area contributed by atoms with E-state index in [0.717, 1.165) is 170 Å². The van der Waals surface area contributed by atoms with Crippen molar-refractivity contribution in [2.75, 3.05) is 26.4 Å². The third-order valence-electron chi connectivity index (χ3n) is 15.9. The van der Waals surface area contributed by atoms with E-state index < -0.39 is 0 Å². The molecule has 0 spiro atoms. The molecule has 7 aromatic rings. The predicted octanol–water partition coefficient (Wildman–Crippen LogP) is 17.2. The third-order valence-corrected chi connectivity index (χ3v) is 15.9. The molecule has 0 fully saturated rings. The Hall–Kier alpha value is -6.56. The number of nitrogens with zero attached hydrogens (tertiary/aromatic N) is 6. The maximum absolute atomic E-state index is 6.84.